The summed E-state index contributed by atoms with van der Waals surface area (Å²) in [5, 5.41) is 4.21. The van der Waals surface area contributed by atoms with Crippen LogP contribution in [0.4, 0.5) is 0 Å². The normalized spacial score (nSPS) is 9.80. The lowest BCUT2D eigenvalue weighted by Crippen LogP contribution is -2.08. The van der Waals surface area contributed by atoms with E-state index in [2.05, 4.69) is 5.10 Å². The van der Waals surface area contributed by atoms with Gasteiger partial charge in [-0.2, -0.15) is 5.10 Å². The molecule has 1 heterocycles. The molecule has 1 aromatic rings. The Labute approximate surface area is 63.6 Å². The van der Waals surface area contributed by atoms with Crippen molar-refractivity contribution in [3.05, 3.63) is 17.4 Å². The highest BCUT2D eigenvalue weighted by Gasteiger charge is 2.01. The second kappa shape index (κ2) is 2.84. The van der Waals surface area contributed by atoms with Gasteiger partial charge in [-0.15, -0.1) is 0 Å². The quantitative estimate of drug-likeness (QED) is 0.622. The SMILES string of the molecule is CCC(=O)n1cc(Cl)cn1. The van der Waals surface area contributed by atoms with E-state index in [1.54, 1.807) is 6.92 Å². The van der Waals surface area contributed by atoms with Crippen LogP contribution in [0, 0.1) is 0 Å². The number of hydrogen-bond acceptors (Lipinski definition) is 2. The molecule has 1 rings (SSSR count). The Morgan fingerprint density at radius 3 is 3.00 bits per heavy atom. The van der Waals surface area contributed by atoms with Gasteiger partial charge in [0, 0.05) is 6.42 Å². The van der Waals surface area contributed by atoms with Gasteiger partial charge in [-0.1, -0.05) is 18.5 Å². The summed E-state index contributed by atoms with van der Waals surface area (Å²) in [6, 6.07) is 0. The van der Waals surface area contributed by atoms with Gasteiger partial charge in [0.2, 0.25) is 5.91 Å². The van der Waals surface area contributed by atoms with Gasteiger partial charge >= 0.3 is 0 Å². The third-order valence-corrected chi connectivity index (χ3v) is 1.30. The van der Waals surface area contributed by atoms with Crippen LogP contribution < -0.4 is 0 Å². The first kappa shape index (κ1) is 7.28. The van der Waals surface area contributed by atoms with E-state index in [4.69, 9.17) is 11.6 Å². The van der Waals surface area contributed by atoms with Crippen molar-refractivity contribution in [3.8, 4) is 0 Å². The molecule has 0 amide bonds. The Morgan fingerprint density at radius 1 is 1.90 bits per heavy atom. The third-order valence-electron chi connectivity index (χ3n) is 1.11. The lowest BCUT2D eigenvalue weighted by molar-refractivity contribution is 0.0893. The molecule has 3 nitrogen and oxygen atoms in total. The number of halogens is 1. The Balaban J connectivity index is 2.85. The zero-order chi connectivity index (χ0) is 7.56. The van der Waals surface area contributed by atoms with Crippen molar-refractivity contribution in [1.82, 2.24) is 9.78 Å². The molecule has 0 fully saturated rings. The Bertz CT molecular complexity index is 244. The molecule has 0 aliphatic rings. The van der Waals surface area contributed by atoms with Crippen LogP contribution in [0.3, 0.4) is 0 Å². The lowest BCUT2D eigenvalue weighted by Gasteiger charge is -1.92. The third kappa shape index (κ3) is 1.36. The van der Waals surface area contributed by atoms with Crippen molar-refractivity contribution in [2.24, 2.45) is 0 Å². The average molecular weight is 159 g/mol. The summed E-state index contributed by atoms with van der Waals surface area (Å²) >= 11 is 5.53. The summed E-state index contributed by atoms with van der Waals surface area (Å²) < 4.78 is 1.24. The zero-order valence-corrected chi connectivity index (χ0v) is 6.30. The van der Waals surface area contributed by atoms with E-state index in [-0.39, 0.29) is 5.91 Å². The van der Waals surface area contributed by atoms with Crippen LogP contribution >= 0.6 is 11.6 Å². The molecule has 0 aliphatic carbocycles. The van der Waals surface area contributed by atoms with Crippen molar-refractivity contribution in [1.29, 1.82) is 0 Å². The Morgan fingerprint density at radius 2 is 2.60 bits per heavy atom. The summed E-state index contributed by atoms with van der Waals surface area (Å²) in [6.45, 7) is 1.78. The highest BCUT2D eigenvalue weighted by Crippen LogP contribution is 2.04. The van der Waals surface area contributed by atoms with Crippen molar-refractivity contribution in [2.75, 3.05) is 0 Å². The maximum atomic E-state index is 10.9. The second-order valence-corrected chi connectivity index (χ2v) is 2.29. The molecule has 1 aromatic heterocycles. The van der Waals surface area contributed by atoms with Crippen LogP contribution in [0.2, 0.25) is 5.02 Å². The molecule has 0 aliphatic heterocycles. The van der Waals surface area contributed by atoms with E-state index in [0.29, 0.717) is 11.4 Å². The molecule has 0 bridgehead atoms. The smallest absolute Gasteiger partial charge is 0.246 e. The first-order chi connectivity index (χ1) is 4.74. The summed E-state index contributed by atoms with van der Waals surface area (Å²) in [7, 11) is 0. The number of aromatic nitrogens is 2. The van der Waals surface area contributed by atoms with Crippen molar-refractivity contribution >= 4 is 17.5 Å². The second-order valence-electron chi connectivity index (χ2n) is 1.85. The molecule has 0 unspecified atom stereocenters. The molecule has 0 N–H and O–H groups in total. The Hall–Kier alpha value is -0.830. The maximum absolute atomic E-state index is 10.9. The Kier molecular flexibility index (Phi) is 2.06. The van der Waals surface area contributed by atoms with Gasteiger partial charge in [0.15, 0.2) is 0 Å². The maximum Gasteiger partial charge on any atom is 0.246 e. The first-order valence-electron chi connectivity index (χ1n) is 2.97. The fourth-order valence-electron chi connectivity index (χ4n) is 0.599. The van der Waals surface area contributed by atoms with E-state index in [0.717, 1.165) is 0 Å². The van der Waals surface area contributed by atoms with Crippen LogP contribution in [0.25, 0.3) is 0 Å². The largest absolute Gasteiger partial charge is 0.273 e. The first-order valence-corrected chi connectivity index (χ1v) is 3.35. The van der Waals surface area contributed by atoms with E-state index in [1.807, 2.05) is 0 Å². The predicted molar refractivity (Wildman–Crippen MR) is 38.2 cm³/mol. The molecule has 0 spiro atoms. The summed E-state index contributed by atoms with van der Waals surface area (Å²) in [5.74, 6) is -0.0492. The topological polar surface area (TPSA) is 34.9 Å². The highest BCUT2D eigenvalue weighted by molar-refractivity contribution is 6.30. The van der Waals surface area contributed by atoms with Gasteiger partial charge in [-0.3, -0.25) is 4.79 Å². The number of nitrogens with zero attached hydrogens (tertiary/aromatic N) is 2. The summed E-state index contributed by atoms with van der Waals surface area (Å²) in [5.41, 5.74) is 0. The minimum absolute atomic E-state index is 0.0492. The fourth-order valence-corrected chi connectivity index (χ4v) is 0.735. The van der Waals surface area contributed by atoms with E-state index in [9.17, 15) is 4.79 Å². The molecular weight excluding hydrogens is 152 g/mol. The number of carbonyl (C=O) groups is 1. The molecule has 54 valence electrons. The van der Waals surface area contributed by atoms with Gasteiger partial charge in [0.1, 0.15) is 0 Å². The predicted octanol–water partition coefficient (Wildman–Crippen LogP) is 1.59. The number of carbonyl (C=O) groups excluding carboxylic acids is 1. The van der Waals surface area contributed by atoms with Crippen LogP contribution in [0.1, 0.15) is 18.1 Å². The molecule has 4 heteroatoms. The average Bonchev–Trinajstić information content (AvgIpc) is 2.34. The minimum Gasteiger partial charge on any atom is -0.273 e. The van der Waals surface area contributed by atoms with Crippen LogP contribution in [-0.4, -0.2) is 15.7 Å². The van der Waals surface area contributed by atoms with Gasteiger partial charge in [0.05, 0.1) is 17.4 Å². The standard InChI is InChI=1S/C6H7ClN2O/c1-2-6(10)9-4-5(7)3-8-9/h3-4H,2H2,1H3. The number of hydrogen-bond donors (Lipinski definition) is 0. The van der Waals surface area contributed by atoms with E-state index in [1.165, 1.54) is 17.1 Å². The van der Waals surface area contributed by atoms with Crippen molar-refractivity contribution in [3.63, 3.8) is 0 Å². The molecule has 0 saturated carbocycles. The lowest BCUT2D eigenvalue weighted by atomic mass is 10.5. The molecule has 0 radical (unpaired) electrons. The minimum atomic E-state index is -0.0492. The van der Waals surface area contributed by atoms with Crippen LogP contribution in [0.5, 0.6) is 0 Å². The zero-order valence-electron chi connectivity index (χ0n) is 5.54. The van der Waals surface area contributed by atoms with Crippen molar-refractivity contribution < 1.29 is 4.79 Å². The van der Waals surface area contributed by atoms with Crippen LogP contribution in [0.15, 0.2) is 12.4 Å². The molecule has 0 saturated heterocycles. The molecule has 0 aromatic carbocycles. The van der Waals surface area contributed by atoms with E-state index < -0.39 is 0 Å². The van der Waals surface area contributed by atoms with Crippen LogP contribution in [-0.2, 0) is 0 Å². The molecular formula is C6H7ClN2O. The van der Waals surface area contributed by atoms with Gasteiger partial charge < -0.3 is 0 Å². The summed E-state index contributed by atoms with van der Waals surface area (Å²) in [6.07, 6.45) is 3.38. The summed E-state index contributed by atoms with van der Waals surface area (Å²) in [4.78, 5) is 10.9. The number of rotatable bonds is 1. The monoisotopic (exact) mass is 158 g/mol. The van der Waals surface area contributed by atoms with Gasteiger partial charge in [0.25, 0.3) is 0 Å². The van der Waals surface area contributed by atoms with Crippen molar-refractivity contribution in [2.45, 2.75) is 13.3 Å². The molecule has 0 atom stereocenters. The molecule has 10 heavy (non-hydrogen) atoms. The highest BCUT2D eigenvalue weighted by atomic mass is 35.5. The van der Waals surface area contributed by atoms with Gasteiger partial charge in [-0.05, 0) is 0 Å². The fraction of sp³-hybridized carbons (Fsp3) is 0.333. The van der Waals surface area contributed by atoms with Gasteiger partial charge in [-0.25, -0.2) is 4.68 Å². The van der Waals surface area contributed by atoms with E-state index >= 15 is 0 Å².